The first kappa shape index (κ1) is 14.5. The maximum atomic E-state index is 12.0. The number of amides is 1. The molecule has 1 amide bonds. The minimum Gasteiger partial charge on any atom is -0.395 e. The molecule has 0 aliphatic carbocycles. The lowest BCUT2D eigenvalue weighted by molar-refractivity contribution is 0.0944. The van der Waals surface area contributed by atoms with Crippen molar-refractivity contribution in [3.05, 3.63) is 45.9 Å². The van der Waals surface area contributed by atoms with E-state index in [1.165, 1.54) is 0 Å². The van der Waals surface area contributed by atoms with Gasteiger partial charge in [-0.15, -0.1) is 11.3 Å². The SMILES string of the molecule is Cc1c(NCc2cncs2)cccc1C(=O)NCCO. The van der Waals surface area contributed by atoms with Gasteiger partial charge in [0, 0.05) is 28.9 Å². The standard InChI is InChI=1S/C14H17N3O2S/c1-10-12(14(19)16-5-6-18)3-2-4-13(10)17-8-11-7-15-9-20-11/h2-4,7,9,17-18H,5-6,8H2,1H3,(H,16,19). The summed E-state index contributed by atoms with van der Waals surface area (Å²) in [4.78, 5) is 17.1. The molecule has 0 bridgehead atoms. The third-order valence-corrected chi connectivity index (χ3v) is 3.69. The van der Waals surface area contributed by atoms with E-state index in [0.29, 0.717) is 12.1 Å². The summed E-state index contributed by atoms with van der Waals surface area (Å²) in [6.07, 6.45) is 1.82. The van der Waals surface area contributed by atoms with E-state index < -0.39 is 0 Å². The van der Waals surface area contributed by atoms with Crippen LogP contribution < -0.4 is 10.6 Å². The summed E-state index contributed by atoms with van der Waals surface area (Å²) in [5, 5.41) is 14.7. The molecule has 5 nitrogen and oxygen atoms in total. The zero-order valence-corrected chi connectivity index (χ0v) is 12.0. The van der Waals surface area contributed by atoms with Crippen molar-refractivity contribution in [1.82, 2.24) is 10.3 Å². The molecule has 0 unspecified atom stereocenters. The van der Waals surface area contributed by atoms with Crippen molar-refractivity contribution in [2.24, 2.45) is 0 Å². The molecule has 0 atom stereocenters. The molecule has 1 aromatic heterocycles. The van der Waals surface area contributed by atoms with Gasteiger partial charge in [0.15, 0.2) is 0 Å². The molecule has 0 saturated carbocycles. The van der Waals surface area contributed by atoms with Crippen LogP contribution >= 0.6 is 11.3 Å². The maximum Gasteiger partial charge on any atom is 0.251 e. The van der Waals surface area contributed by atoms with Gasteiger partial charge in [0.2, 0.25) is 0 Å². The van der Waals surface area contributed by atoms with Gasteiger partial charge in [0.1, 0.15) is 0 Å². The maximum absolute atomic E-state index is 12.0. The summed E-state index contributed by atoms with van der Waals surface area (Å²) in [6, 6.07) is 5.56. The van der Waals surface area contributed by atoms with E-state index in [9.17, 15) is 4.79 Å². The number of benzene rings is 1. The monoisotopic (exact) mass is 291 g/mol. The molecule has 20 heavy (non-hydrogen) atoms. The Labute approximate surface area is 121 Å². The molecule has 0 saturated heterocycles. The van der Waals surface area contributed by atoms with Crippen molar-refractivity contribution >= 4 is 22.9 Å². The number of aliphatic hydroxyl groups excluding tert-OH is 1. The van der Waals surface area contributed by atoms with Crippen LogP contribution in [-0.2, 0) is 6.54 Å². The van der Waals surface area contributed by atoms with Crippen molar-refractivity contribution < 1.29 is 9.90 Å². The summed E-state index contributed by atoms with van der Waals surface area (Å²) in [5.41, 5.74) is 4.23. The predicted molar refractivity (Wildman–Crippen MR) is 80.0 cm³/mol. The highest BCUT2D eigenvalue weighted by atomic mass is 32.1. The number of carbonyl (C=O) groups excluding carboxylic acids is 1. The van der Waals surface area contributed by atoms with Crippen LogP contribution in [0.3, 0.4) is 0 Å². The molecule has 0 aliphatic rings. The quantitative estimate of drug-likeness (QED) is 0.758. The van der Waals surface area contributed by atoms with Crippen LogP contribution in [0, 0.1) is 6.92 Å². The second-order valence-corrected chi connectivity index (χ2v) is 5.25. The van der Waals surface area contributed by atoms with Gasteiger partial charge < -0.3 is 15.7 Å². The van der Waals surface area contributed by atoms with Gasteiger partial charge in [-0.05, 0) is 24.6 Å². The fraction of sp³-hybridized carbons (Fsp3) is 0.286. The van der Waals surface area contributed by atoms with Crippen LogP contribution in [-0.4, -0.2) is 29.1 Å². The van der Waals surface area contributed by atoms with Gasteiger partial charge in [0.05, 0.1) is 18.7 Å². The van der Waals surface area contributed by atoms with Gasteiger partial charge in [-0.3, -0.25) is 9.78 Å². The van der Waals surface area contributed by atoms with Crippen LogP contribution in [0.4, 0.5) is 5.69 Å². The molecule has 6 heteroatoms. The molecule has 3 N–H and O–H groups in total. The Balaban J connectivity index is 2.08. The number of aliphatic hydroxyl groups is 1. The molecule has 0 fully saturated rings. The van der Waals surface area contributed by atoms with Gasteiger partial charge in [0.25, 0.3) is 5.91 Å². The number of rotatable bonds is 6. The van der Waals surface area contributed by atoms with Crippen molar-refractivity contribution in [3.63, 3.8) is 0 Å². The van der Waals surface area contributed by atoms with Crippen LogP contribution in [0.5, 0.6) is 0 Å². The molecule has 0 spiro atoms. The lowest BCUT2D eigenvalue weighted by atomic mass is 10.1. The van der Waals surface area contributed by atoms with Gasteiger partial charge in [-0.1, -0.05) is 6.07 Å². The highest BCUT2D eigenvalue weighted by Gasteiger charge is 2.11. The first-order chi connectivity index (χ1) is 9.72. The Morgan fingerprint density at radius 1 is 1.45 bits per heavy atom. The number of nitrogens with zero attached hydrogens (tertiary/aromatic N) is 1. The third kappa shape index (κ3) is 3.55. The van der Waals surface area contributed by atoms with Crippen LogP contribution in [0.25, 0.3) is 0 Å². The number of thiazole rings is 1. The molecule has 2 aromatic rings. The van der Waals surface area contributed by atoms with E-state index in [2.05, 4.69) is 15.6 Å². The smallest absolute Gasteiger partial charge is 0.251 e. The number of anilines is 1. The van der Waals surface area contributed by atoms with Crippen molar-refractivity contribution in [3.8, 4) is 0 Å². The number of nitrogens with one attached hydrogen (secondary N) is 2. The summed E-state index contributed by atoms with van der Waals surface area (Å²) >= 11 is 1.59. The van der Waals surface area contributed by atoms with E-state index in [1.807, 2.05) is 25.3 Å². The predicted octanol–water partition coefficient (Wildman–Crippen LogP) is 1.79. The molecule has 2 rings (SSSR count). The van der Waals surface area contributed by atoms with Crippen LogP contribution in [0.2, 0.25) is 0 Å². The summed E-state index contributed by atoms with van der Waals surface area (Å²) < 4.78 is 0. The lowest BCUT2D eigenvalue weighted by Gasteiger charge is -2.12. The fourth-order valence-electron chi connectivity index (χ4n) is 1.85. The molecule has 1 heterocycles. The molecule has 1 aromatic carbocycles. The number of aromatic nitrogens is 1. The van der Waals surface area contributed by atoms with Crippen LogP contribution in [0.1, 0.15) is 20.8 Å². The Morgan fingerprint density at radius 3 is 3.00 bits per heavy atom. The molecular formula is C14H17N3O2S. The molecule has 0 aliphatic heterocycles. The number of hydrogen-bond acceptors (Lipinski definition) is 5. The Bertz CT molecular complexity index is 570. The van der Waals surface area contributed by atoms with Gasteiger partial charge in [-0.25, -0.2) is 0 Å². The largest absolute Gasteiger partial charge is 0.395 e. The molecule has 106 valence electrons. The zero-order chi connectivity index (χ0) is 14.4. The molecular weight excluding hydrogens is 274 g/mol. The van der Waals surface area contributed by atoms with E-state index in [1.54, 1.807) is 22.9 Å². The summed E-state index contributed by atoms with van der Waals surface area (Å²) in [6.45, 7) is 2.79. The van der Waals surface area contributed by atoms with E-state index in [0.717, 1.165) is 16.1 Å². The Morgan fingerprint density at radius 2 is 2.30 bits per heavy atom. The third-order valence-electron chi connectivity index (χ3n) is 2.91. The highest BCUT2D eigenvalue weighted by molar-refractivity contribution is 7.09. The van der Waals surface area contributed by atoms with Crippen LogP contribution in [0.15, 0.2) is 29.9 Å². The highest BCUT2D eigenvalue weighted by Crippen LogP contribution is 2.20. The van der Waals surface area contributed by atoms with Crippen molar-refractivity contribution in [1.29, 1.82) is 0 Å². The minimum atomic E-state index is -0.169. The second kappa shape index (κ2) is 7.02. The first-order valence-corrected chi connectivity index (χ1v) is 7.20. The Hall–Kier alpha value is -1.92. The average molecular weight is 291 g/mol. The van der Waals surface area contributed by atoms with E-state index in [-0.39, 0.29) is 19.1 Å². The number of hydrogen-bond donors (Lipinski definition) is 3. The zero-order valence-electron chi connectivity index (χ0n) is 11.2. The first-order valence-electron chi connectivity index (χ1n) is 6.32. The van der Waals surface area contributed by atoms with E-state index >= 15 is 0 Å². The normalized spacial score (nSPS) is 10.3. The summed E-state index contributed by atoms with van der Waals surface area (Å²) in [5.74, 6) is -0.169. The second-order valence-electron chi connectivity index (χ2n) is 4.28. The topological polar surface area (TPSA) is 74.2 Å². The Kier molecular flexibility index (Phi) is 5.09. The van der Waals surface area contributed by atoms with Crippen molar-refractivity contribution in [2.75, 3.05) is 18.5 Å². The van der Waals surface area contributed by atoms with Gasteiger partial charge >= 0.3 is 0 Å². The fourth-order valence-corrected chi connectivity index (χ4v) is 2.38. The lowest BCUT2D eigenvalue weighted by Crippen LogP contribution is -2.27. The molecule has 0 radical (unpaired) electrons. The van der Waals surface area contributed by atoms with Crippen molar-refractivity contribution in [2.45, 2.75) is 13.5 Å². The average Bonchev–Trinajstić information content (AvgIpc) is 2.97. The van der Waals surface area contributed by atoms with Gasteiger partial charge in [-0.2, -0.15) is 0 Å². The number of carbonyl (C=O) groups is 1. The van der Waals surface area contributed by atoms with E-state index in [4.69, 9.17) is 5.11 Å². The minimum absolute atomic E-state index is 0.0614. The summed E-state index contributed by atoms with van der Waals surface area (Å²) in [7, 11) is 0.